The number of nitrogens with zero attached hydrogens (tertiary/aromatic N) is 4. The summed E-state index contributed by atoms with van der Waals surface area (Å²) in [5.74, 6) is -2.70. The molecular formula is C32H34F4N4O4S. The molecule has 240 valence electrons. The quantitative estimate of drug-likeness (QED) is 0.290. The molecule has 1 heterocycles. The SMILES string of the molecule is CCS(=O)(=O)CCN(C(=O)Cc1ccc(F)c(C(F)(F)F)c1)[C@H](C)c1nc2c(c(=O)n1-c1ccc(C#N)cc1)CCC(C)(C)C2. The van der Waals surface area contributed by atoms with Gasteiger partial charge in [-0.3, -0.25) is 14.2 Å². The first-order valence-corrected chi connectivity index (χ1v) is 16.3. The molecule has 1 aliphatic carbocycles. The third kappa shape index (κ3) is 7.61. The molecule has 0 radical (unpaired) electrons. The van der Waals surface area contributed by atoms with Gasteiger partial charge in [0.2, 0.25) is 5.91 Å². The number of carbonyl (C=O) groups excluding carboxylic acids is 1. The Morgan fingerprint density at radius 3 is 2.44 bits per heavy atom. The zero-order valence-electron chi connectivity index (χ0n) is 25.4. The second-order valence-corrected chi connectivity index (χ2v) is 14.5. The van der Waals surface area contributed by atoms with Crippen molar-refractivity contribution in [2.24, 2.45) is 5.41 Å². The molecule has 45 heavy (non-hydrogen) atoms. The highest BCUT2D eigenvalue weighted by Gasteiger charge is 2.36. The van der Waals surface area contributed by atoms with E-state index in [0.29, 0.717) is 47.5 Å². The van der Waals surface area contributed by atoms with Gasteiger partial charge in [0.25, 0.3) is 5.56 Å². The van der Waals surface area contributed by atoms with Crippen LogP contribution in [0.3, 0.4) is 0 Å². The van der Waals surface area contributed by atoms with Crippen LogP contribution in [0, 0.1) is 22.6 Å². The molecule has 0 saturated heterocycles. The van der Waals surface area contributed by atoms with Crippen LogP contribution in [0.4, 0.5) is 17.6 Å². The van der Waals surface area contributed by atoms with Crippen molar-refractivity contribution < 1.29 is 30.8 Å². The Morgan fingerprint density at radius 1 is 1.18 bits per heavy atom. The number of rotatable bonds is 9. The Morgan fingerprint density at radius 2 is 1.84 bits per heavy atom. The first-order chi connectivity index (χ1) is 21.0. The maximum Gasteiger partial charge on any atom is 0.419 e. The highest BCUT2D eigenvalue weighted by atomic mass is 32.2. The van der Waals surface area contributed by atoms with E-state index in [1.165, 1.54) is 28.5 Å². The van der Waals surface area contributed by atoms with Crippen LogP contribution in [0.25, 0.3) is 5.69 Å². The third-order valence-electron chi connectivity index (χ3n) is 8.18. The van der Waals surface area contributed by atoms with E-state index in [-0.39, 0.29) is 34.7 Å². The van der Waals surface area contributed by atoms with Crippen LogP contribution < -0.4 is 5.56 Å². The first-order valence-electron chi connectivity index (χ1n) is 14.5. The summed E-state index contributed by atoms with van der Waals surface area (Å²) in [5.41, 5.74) is -0.336. The number of hydrogen-bond donors (Lipinski definition) is 0. The van der Waals surface area contributed by atoms with Gasteiger partial charge in [0.05, 0.1) is 46.8 Å². The lowest BCUT2D eigenvalue weighted by atomic mass is 9.76. The van der Waals surface area contributed by atoms with Gasteiger partial charge in [-0.25, -0.2) is 17.8 Å². The average molecular weight is 647 g/mol. The molecule has 1 aromatic heterocycles. The maximum absolute atomic E-state index is 14.0. The first kappa shape index (κ1) is 33.8. The van der Waals surface area contributed by atoms with Gasteiger partial charge in [-0.2, -0.15) is 18.4 Å². The standard InChI is InChI=1S/C32H34F4N4O4S/c1-5-45(43,44)15-14-39(28(41)17-22-8-11-26(33)25(16-22)32(34,35)36)20(2)29-38-27-18-31(3,4)13-12-24(27)30(42)40(29)23-9-6-21(19-37)7-10-23/h6-11,16,20H,5,12-15,17-18H2,1-4H3/t20-/m1/s1. The molecule has 0 spiro atoms. The molecule has 0 aliphatic heterocycles. The lowest BCUT2D eigenvalue weighted by molar-refractivity contribution is -0.140. The van der Waals surface area contributed by atoms with Crippen molar-refractivity contribution in [1.29, 1.82) is 5.26 Å². The number of carbonyl (C=O) groups is 1. The molecule has 1 atom stereocenters. The number of sulfone groups is 1. The minimum Gasteiger partial charge on any atom is -0.331 e. The van der Waals surface area contributed by atoms with Crippen molar-refractivity contribution in [2.75, 3.05) is 18.1 Å². The summed E-state index contributed by atoms with van der Waals surface area (Å²) in [6.07, 6.45) is -3.86. The van der Waals surface area contributed by atoms with Crippen LogP contribution in [0.5, 0.6) is 0 Å². The molecule has 0 N–H and O–H groups in total. The van der Waals surface area contributed by atoms with Gasteiger partial charge >= 0.3 is 6.18 Å². The second kappa shape index (κ2) is 12.7. The number of halogens is 4. The fraction of sp³-hybridized carbons (Fsp3) is 0.438. The number of amides is 1. The average Bonchev–Trinajstić information content (AvgIpc) is 2.97. The Hall–Kier alpha value is -4.05. The van der Waals surface area contributed by atoms with E-state index in [1.54, 1.807) is 19.1 Å². The van der Waals surface area contributed by atoms with Gasteiger partial charge in [0.1, 0.15) is 11.6 Å². The fourth-order valence-electron chi connectivity index (χ4n) is 5.47. The number of benzene rings is 2. The summed E-state index contributed by atoms with van der Waals surface area (Å²) in [7, 11) is -3.59. The minimum absolute atomic E-state index is 0.117. The molecule has 0 fully saturated rings. The van der Waals surface area contributed by atoms with E-state index in [9.17, 15) is 40.8 Å². The van der Waals surface area contributed by atoms with Gasteiger partial charge in [0.15, 0.2) is 9.84 Å². The van der Waals surface area contributed by atoms with E-state index in [0.717, 1.165) is 12.5 Å². The Labute approximate surface area is 259 Å². The summed E-state index contributed by atoms with van der Waals surface area (Å²) in [6.45, 7) is 6.81. The number of nitriles is 1. The zero-order valence-corrected chi connectivity index (χ0v) is 26.2. The zero-order chi connectivity index (χ0) is 33.3. The molecule has 1 aliphatic rings. The summed E-state index contributed by atoms with van der Waals surface area (Å²) in [5, 5.41) is 9.27. The molecule has 2 aromatic carbocycles. The number of fused-ring (bicyclic) bond motifs is 1. The van der Waals surface area contributed by atoms with Crippen LogP contribution in [-0.2, 0) is 40.1 Å². The fourth-order valence-corrected chi connectivity index (χ4v) is 6.23. The van der Waals surface area contributed by atoms with E-state index in [2.05, 4.69) is 13.8 Å². The van der Waals surface area contributed by atoms with E-state index < -0.39 is 51.5 Å². The smallest absolute Gasteiger partial charge is 0.331 e. The highest BCUT2D eigenvalue weighted by Crippen LogP contribution is 2.35. The summed E-state index contributed by atoms with van der Waals surface area (Å²) < 4.78 is 80.5. The number of alkyl halides is 3. The normalized spacial score (nSPS) is 15.2. The number of hydrogen-bond acceptors (Lipinski definition) is 6. The number of aromatic nitrogens is 2. The van der Waals surface area contributed by atoms with Gasteiger partial charge in [-0.1, -0.05) is 26.8 Å². The van der Waals surface area contributed by atoms with Crippen LogP contribution in [0.15, 0.2) is 47.3 Å². The Balaban J connectivity index is 1.85. The van der Waals surface area contributed by atoms with Crippen molar-refractivity contribution in [3.8, 4) is 11.8 Å². The van der Waals surface area contributed by atoms with Crippen LogP contribution >= 0.6 is 0 Å². The maximum atomic E-state index is 14.0. The van der Waals surface area contributed by atoms with Crippen molar-refractivity contribution in [3.63, 3.8) is 0 Å². The molecule has 0 bridgehead atoms. The largest absolute Gasteiger partial charge is 0.419 e. The lowest BCUT2D eigenvalue weighted by Gasteiger charge is -2.34. The lowest BCUT2D eigenvalue weighted by Crippen LogP contribution is -2.42. The Kier molecular flexibility index (Phi) is 9.59. The summed E-state index contributed by atoms with van der Waals surface area (Å²) >= 11 is 0. The van der Waals surface area contributed by atoms with Crippen LogP contribution in [0.1, 0.15) is 73.9 Å². The molecule has 1 amide bonds. The summed E-state index contributed by atoms with van der Waals surface area (Å²) in [6, 6.07) is 9.48. The molecule has 0 unspecified atom stereocenters. The molecule has 4 rings (SSSR count). The summed E-state index contributed by atoms with van der Waals surface area (Å²) in [4.78, 5) is 33.9. The Bertz CT molecular complexity index is 1810. The van der Waals surface area contributed by atoms with Crippen molar-refractivity contribution in [3.05, 3.63) is 92.4 Å². The van der Waals surface area contributed by atoms with E-state index in [1.807, 2.05) is 6.07 Å². The molecule has 8 nitrogen and oxygen atoms in total. The predicted molar refractivity (Wildman–Crippen MR) is 160 cm³/mol. The monoisotopic (exact) mass is 646 g/mol. The third-order valence-corrected chi connectivity index (χ3v) is 9.86. The predicted octanol–water partition coefficient (Wildman–Crippen LogP) is 5.34. The van der Waals surface area contributed by atoms with Gasteiger partial charge < -0.3 is 4.90 Å². The molecular weight excluding hydrogens is 612 g/mol. The topological polar surface area (TPSA) is 113 Å². The molecule has 0 saturated carbocycles. The van der Waals surface area contributed by atoms with Crippen molar-refractivity contribution in [1.82, 2.24) is 14.5 Å². The van der Waals surface area contributed by atoms with Crippen LogP contribution in [0.2, 0.25) is 0 Å². The van der Waals surface area contributed by atoms with E-state index >= 15 is 0 Å². The van der Waals surface area contributed by atoms with Gasteiger partial charge in [-0.05, 0) is 73.6 Å². The van der Waals surface area contributed by atoms with Crippen LogP contribution in [-0.4, -0.2) is 46.8 Å². The molecule has 3 aromatic rings. The van der Waals surface area contributed by atoms with E-state index in [4.69, 9.17) is 4.98 Å². The van der Waals surface area contributed by atoms with Gasteiger partial charge in [-0.15, -0.1) is 0 Å². The highest BCUT2D eigenvalue weighted by molar-refractivity contribution is 7.91. The second-order valence-electron chi connectivity index (χ2n) is 12.0. The van der Waals surface area contributed by atoms with Crippen molar-refractivity contribution >= 4 is 15.7 Å². The molecule has 13 heteroatoms. The van der Waals surface area contributed by atoms with Crippen molar-refractivity contribution in [2.45, 2.75) is 65.6 Å². The minimum atomic E-state index is -4.98. The van der Waals surface area contributed by atoms with Gasteiger partial charge in [0, 0.05) is 17.9 Å².